The van der Waals surface area contributed by atoms with E-state index in [1.165, 1.54) is 11.3 Å². The number of hydrogen-bond donors (Lipinski definition) is 2. The van der Waals surface area contributed by atoms with Crippen molar-refractivity contribution in [2.24, 2.45) is 0 Å². The Balaban J connectivity index is 1.77. The van der Waals surface area contributed by atoms with Crippen molar-refractivity contribution in [2.75, 3.05) is 10.6 Å². The van der Waals surface area contributed by atoms with Gasteiger partial charge in [-0.15, -0.1) is 0 Å². The minimum atomic E-state index is -0.187. The minimum Gasteiger partial charge on any atom is -0.326 e. The second-order valence-electron chi connectivity index (χ2n) is 5.96. The first-order chi connectivity index (χ1) is 12.6. The Kier molecular flexibility index (Phi) is 5.63. The van der Waals surface area contributed by atoms with Crippen molar-refractivity contribution in [1.29, 1.82) is 0 Å². The quantitative estimate of drug-likeness (QED) is 0.659. The smallest absolute Gasteiger partial charge is 0.231 e. The summed E-state index contributed by atoms with van der Waals surface area (Å²) in [5, 5.41) is 6.34. The number of aromatic nitrogens is 1. The third-order valence-corrected chi connectivity index (χ3v) is 5.08. The Hall–Kier alpha value is -2.73. The fraction of sp³-hybridized carbons (Fsp3) is 0.250. The zero-order chi connectivity index (χ0) is 18.5. The second-order valence-corrected chi connectivity index (χ2v) is 6.99. The Morgan fingerprint density at radius 3 is 2.54 bits per heavy atom. The summed E-state index contributed by atoms with van der Waals surface area (Å²) >= 11 is 1.40. The number of benzene rings is 2. The highest BCUT2D eigenvalue weighted by Crippen LogP contribution is 2.29. The number of anilines is 2. The van der Waals surface area contributed by atoms with Crippen LogP contribution in [0.15, 0.2) is 48.5 Å². The van der Waals surface area contributed by atoms with Gasteiger partial charge >= 0.3 is 0 Å². The maximum absolute atomic E-state index is 12.7. The summed E-state index contributed by atoms with van der Waals surface area (Å²) in [4.78, 5) is 28.6. The molecule has 0 aliphatic carbocycles. The van der Waals surface area contributed by atoms with E-state index in [9.17, 15) is 9.59 Å². The lowest BCUT2D eigenvalue weighted by molar-refractivity contribution is -0.118. The van der Waals surface area contributed by atoms with Gasteiger partial charge in [0.25, 0.3) is 0 Å². The number of hydrogen-bond acceptors (Lipinski definition) is 4. The summed E-state index contributed by atoms with van der Waals surface area (Å²) in [6.45, 7) is 3.81. The van der Waals surface area contributed by atoms with Gasteiger partial charge in [-0.25, -0.2) is 4.98 Å². The topological polar surface area (TPSA) is 71.1 Å². The minimum absolute atomic E-state index is 0.0259. The van der Waals surface area contributed by atoms with E-state index in [4.69, 9.17) is 0 Å². The Labute approximate surface area is 156 Å². The fourth-order valence-corrected chi connectivity index (χ4v) is 3.67. The number of thiazole rings is 1. The van der Waals surface area contributed by atoms with Gasteiger partial charge in [0.1, 0.15) is 0 Å². The van der Waals surface area contributed by atoms with Crippen molar-refractivity contribution in [2.45, 2.75) is 32.6 Å². The van der Waals surface area contributed by atoms with Gasteiger partial charge in [-0.05, 0) is 30.2 Å². The molecule has 3 rings (SSSR count). The molecule has 1 aromatic heterocycles. The first-order valence-electron chi connectivity index (χ1n) is 8.67. The van der Waals surface area contributed by atoms with Gasteiger partial charge in [0.15, 0.2) is 5.13 Å². The van der Waals surface area contributed by atoms with Crippen LogP contribution in [0.25, 0.3) is 10.2 Å². The average Bonchev–Trinajstić information content (AvgIpc) is 3.04. The van der Waals surface area contributed by atoms with Crippen LogP contribution in [0.4, 0.5) is 10.8 Å². The highest BCUT2D eigenvalue weighted by atomic mass is 32.1. The highest BCUT2D eigenvalue weighted by molar-refractivity contribution is 7.22. The molecule has 3 aromatic rings. The van der Waals surface area contributed by atoms with Crippen molar-refractivity contribution in [3.05, 3.63) is 54.1 Å². The predicted molar refractivity (Wildman–Crippen MR) is 107 cm³/mol. The maximum Gasteiger partial charge on any atom is 0.231 e. The van der Waals surface area contributed by atoms with Crippen LogP contribution in [-0.2, 0) is 9.59 Å². The van der Waals surface area contributed by atoms with E-state index in [-0.39, 0.29) is 17.7 Å². The zero-order valence-electron chi connectivity index (χ0n) is 14.8. The first-order valence-corrected chi connectivity index (χ1v) is 9.48. The molecule has 6 heteroatoms. The van der Waals surface area contributed by atoms with E-state index < -0.39 is 0 Å². The molecule has 0 aliphatic heterocycles. The largest absolute Gasteiger partial charge is 0.326 e. The summed E-state index contributed by atoms with van der Waals surface area (Å²) in [6.07, 6.45) is 1.14. The number of nitrogens with one attached hydrogen (secondary N) is 2. The third kappa shape index (κ3) is 4.08. The van der Waals surface area contributed by atoms with Gasteiger partial charge in [-0.2, -0.15) is 0 Å². The summed E-state index contributed by atoms with van der Waals surface area (Å²) in [5.74, 6) is -0.277. The van der Waals surface area contributed by atoms with Crippen LogP contribution in [0.1, 0.15) is 38.2 Å². The first kappa shape index (κ1) is 18.1. The molecule has 2 N–H and O–H groups in total. The van der Waals surface area contributed by atoms with Gasteiger partial charge in [-0.3, -0.25) is 9.59 Å². The summed E-state index contributed by atoms with van der Waals surface area (Å²) < 4.78 is 0.918. The van der Waals surface area contributed by atoms with Gasteiger partial charge in [-0.1, -0.05) is 55.5 Å². The molecule has 1 heterocycles. The van der Waals surface area contributed by atoms with Crippen LogP contribution in [0.5, 0.6) is 0 Å². The molecule has 5 nitrogen and oxygen atoms in total. The van der Waals surface area contributed by atoms with Gasteiger partial charge in [0, 0.05) is 12.1 Å². The van der Waals surface area contributed by atoms with Crippen molar-refractivity contribution < 1.29 is 9.59 Å². The van der Waals surface area contributed by atoms with Crippen molar-refractivity contribution >= 4 is 44.2 Å². The second kappa shape index (κ2) is 8.10. The van der Waals surface area contributed by atoms with Crippen molar-refractivity contribution in [1.82, 2.24) is 4.98 Å². The van der Waals surface area contributed by atoms with Crippen molar-refractivity contribution in [3.63, 3.8) is 0 Å². The Bertz CT molecular complexity index is 921. The maximum atomic E-state index is 12.7. The molecule has 2 amide bonds. The molecular weight excluding hydrogens is 346 g/mol. The van der Waals surface area contributed by atoms with Gasteiger partial charge in [0.2, 0.25) is 11.8 Å². The average molecular weight is 367 g/mol. The molecule has 0 bridgehead atoms. The number of amides is 2. The van der Waals surface area contributed by atoms with E-state index in [0.29, 0.717) is 11.6 Å². The lowest BCUT2D eigenvalue weighted by atomic mass is 9.95. The zero-order valence-corrected chi connectivity index (χ0v) is 15.6. The van der Waals surface area contributed by atoms with Gasteiger partial charge in [0.05, 0.1) is 16.1 Å². The van der Waals surface area contributed by atoms with E-state index in [1.54, 1.807) is 6.92 Å². The normalized spacial score (nSPS) is 11.9. The van der Waals surface area contributed by atoms with E-state index in [1.807, 2.05) is 55.5 Å². The third-order valence-electron chi connectivity index (χ3n) is 4.15. The lowest BCUT2D eigenvalue weighted by Crippen LogP contribution is -2.20. The summed E-state index contributed by atoms with van der Waals surface area (Å²) in [5.41, 5.74) is 2.54. The predicted octanol–water partition coefficient (Wildman–Crippen LogP) is 4.78. The van der Waals surface area contributed by atoms with Crippen LogP contribution in [0.2, 0.25) is 0 Å². The monoisotopic (exact) mass is 367 g/mol. The number of fused-ring (bicyclic) bond motifs is 1. The van der Waals surface area contributed by atoms with Crippen LogP contribution in [0.3, 0.4) is 0 Å². The van der Waals surface area contributed by atoms with Gasteiger partial charge < -0.3 is 10.6 Å². The molecule has 0 saturated heterocycles. The molecule has 0 aliphatic rings. The van der Waals surface area contributed by atoms with E-state index in [2.05, 4.69) is 15.6 Å². The standard InChI is InChI=1S/C20H21N3O2S/c1-3-15(13-8-6-5-7-9-13)19(25)21-14-10-11-16-17(12-14)26-20(22-16)23-18(24)4-2/h5-12,15H,3-4H2,1-2H3,(H,21,25)(H,22,23,24)/t15-/m1/s1. The van der Waals surface area contributed by atoms with Crippen LogP contribution >= 0.6 is 11.3 Å². The molecule has 0 unspecified atom stereocenters. The molecule has 0 saturated carbocycles. The van der Waals surface area contributed by atoms with Crippen LogP contribution < -0.4 is 10.6 Å². The van der Waals surface area contributed by atoms with Crippen molar-refractivity contribution in [3.8, 4) is 0 Å². The number of rotatable bonds is 6. The molecule has 0 spiro atoms. The molecular formula is C20H21N3O2S. The summed E-state index contributed by atoms with van der Waals surface area (Å²) in [7, 11) is 0. The summed E-state index contributed by atoms with van der Waals surface area (Å²) in [6, 6.07) is 15.4. The Morgan fingerprint density at radius 2 is 1.85 bits per heavy atom. The number of carbonyl (C=O) groups is 2. The highest BCUT2D eigenvalue weighted by Gasteiger charge is 2.18. The molecule has 0 radical (unpaired) electrons. The lowest BCUT2D eigenvalue weighted by Gasteiger charge is -2.15. The molecule has 2 aromatic carbocycles. The SMILES string of the molecule is CCC(=O)Nc1nc2ccc(NC(=O)[C@H](CC)c3ccccc3)cc2s1. The molecule has 1 atom stereocenters. The van der Waals surface area contributed by atoms with Crippen LogP contribution in [0, 0.1) is 0 Å². The Morgan fingerprint density at radius 1 is 1.08 bits per heavy atom. The number of nitrogens with zero attached hydrogens (tertiary/aromatic N) is 1. The van der Waals surface area contributed by atoms with E-state index >= 15 is 0 Å². The fourth-order valence-electron chi connectivity index (χ4n) is 2.75. The molecule has 0 fully saturated rings. The number of carbonyl (C=O) groups excluding carboxylic acids is 2. The van der Waals surface area contributed by atoms with E-state index in [0.717, 1.165) is 27.9 Å². The van der Waals surface area contributed by atoms with Crippen LogP contribution in [-0.4, -0.2) is 16.8 Å². The molecule has 26 heavy (non-hydrogen) atoms. The molecule has 134 valence electrons.